The Morgan fingerprint density at radius 2 is 2.00 bits per heavy atom. The van der Waals surface area contributed by atoms with Crippen molar-refractivity contribution in [3.63, 3.8) is 0 Å². The molecule has 6 heteroatoms. The van der Waals surface area contributed by atoms with E-state index in [-0.39, 0.29) is 12.0 Å². The predicted molar refractivity (Wildman–Crippen MR) is 104 cm³/mol. The van der Waals surface area contributed by atoms with E-state index in [1.54, 1.807) is 11.3 Å². The molecule has 134 valence electrons. The van der Waals surface area contributed by atoms with Crippen LogP contribution < -0.4 is 5.32 Å². The number of thiophene rings is 1. The Labute approximate surface area is 156 Å². The molecule has 1 aliphatic heterocycles. The highest BCUT2D eigenvalue weighted by Gasteiger charge is 2.38. The molecule has 2 aliphatic rings. The van der Waals surface area contributed by atoms with Crippen molar-refractivity contribution in [1.29, 1.82) is 0 Å². The van der Waals surface area contributed by atoms with Gasteiger partial charge in [0.15, 0.2) is 0 Å². The van der Waals surface area contributed by atoms with Gasteiger partial charge in [0.25, 0.3) is 0 Å². The molecule has 1 aromatic carbocycles. The summed E-state index contributed by atoms with van der Waals surface area (Å²) in [5.41, 5.74) is 2.15. The second-order valence-electron chi connectivity index (χ2n) is 7.40. The number of nitrogens with one attached hydrogen (secondary N) is 1. The average Bonchev–Trinajstić information content (AvgIpc) is 3.41. The lowest BCUT2D eigenvalue weighted by molar-refractivity contribution is -0.128. The number of benzene rings is 1. The molecule has 5 nitrogen and oxygen atoms in total. The van der Waals surface area contributed by atoms with Crippen molar-refractivity contribution in [1.82, 2.24) is 9.97 Å². The highest BCUT2D eigenvalue weighted by atomic mass is 32.1. The fourth-order valence-corrected chi connectivity index (χ4v) is 4.31. The molecule has 0 spiro atoms. The molecule has 2 fully saturated rings. The van der Waals surface area contributed by atoms with Crippen LogP contribution in [0.3, 0.4) is 0 Å². The van der Waals surface area contributed by atoms with E-state index >= 15 is 0 Å². The van der Waals surface area contributed by atoms with Gasteiger partial charge in [-0.2, -0.15) is 0 Å². The highest BCUT2D eigenvalue weighted by molar-refractivity contribution is 7.17. The van der Waals surface area contributed by atoms with Crippen LogP contribution in [0, 0.1) is 5.41 Å². The Balaban J connectivity index is 1.58. The summed E-state index contributed by atoms with van der Waals surface area (Å²) in [4.78, 5) is 10.7. The van der Waals surface area contributed by atoms with E-state index in [0.717, 1.165) is 21.9 Å². The van der Waals surface area contributed by atoms with Crippen LogP contribution in [-0.4, -0.2) is 41.4 Å². The largest absolute Gasteiger partial charge is 0.396 e. The van der Waals surface area contributed by atoms with Gasteiger partial charge in [0.05, 0.1) is 30.6 Å². The van der Waals surface area contributed by atoms with Crippen molar-refractivity contribution in [3.8, 4) is 11.1 Å². The van der Waals surface area contributed by atoms with Crippen LogP contribution in [0.4, 0.5) is 5.82 Å². The second kappa shape index (κ2) is 6.30. The molecule has 0 radical (unpaired) electrons. The summed E-state index contributed by atoms with van der Waals surface area (Å²) in [6.45, 7) is 1.97. The van der Waals surface area contributed by atoms with Crippen LogP contribution in [0.1, 0.15) is 24.6 Å². The van der Waals surface area contributed by atoms with E-state index in [1.807, 2.05) is 6.07 Å². The monoisotopic (exact) mass is 367 g/mol. The highest BCUT2D eigenvalue weighted by Crippen LogP contribution is 2.43. The van der Waals surface area contributed by atoms with Crippen molar-refractivity contribution in [2.45, 2.75) is 18.8 Å². The van der Waals surface area contributed by atoms with Crippen LogP contribution >= 0.6 is 11.3 Å². The summed E-state index contributed by atoms with van der Waals surface area (Å²) in [5.74, 6) is 2.34. The molecule has 26 heavy (non-hydrogen) atoms. The first-order valence-electron chi connectivity index (χ1n) is 9.05. The van der Waals surface area contributed by atoms with Crippen molar-refractivity contribution in [3.05, 3.63) is 41.5 Å². The van der Waals surface area contributed by atoms with Gasteiger partial charge in [-0.05, 0) is 18.4 Å². The fourth-order valence-electron chi connectivity index (χ4n) is 3.35. The normalized spacial score (nSPS) is 18.7. The molecule has 2 N–H and O–H groups in total. The molecule has 0 amide bonds. The van der Waals surface area contributed by atoms with Gasteiger partial charge in [0, 0.05) is 23.4 Å². The number of nitrogens with zero attached hydrogens (tertiary/aromatic N) is 2. The average molecular weight is 367 g/mol. The maximum absolute atomic E-state index is 9.72. The third-order valence-electron chi connectivity index (χ3n) is 5.26. The molecule has 0 unspecified atom stereocenters. The number of hydrogen-bond acceptors (Lipinski definition) is 6. The first-order chi connectivity index (χ1) is 12.8. The van der Waals surface area contributed by atoms with Crippen molar-refractivity contribution in [2.75, 3.05) is 31.7 Å². The topological polar surface area (TPSA) is 67.3 Å². The minimum atomic E-state index is -0.194. The molecule has 0 bridgehead atoms. The number of aromatic nitrogens is 2. The Bertz CT molecular complexity index is 927. The van der Waals surface area contributed by atoms with E-state index in [0.29, 0.717) is 25.7 Å². The first-order valence-corrected chi connectivity index (χ1v) is 9.93. The Morgan fingerprint density at radius 3 is 2.65 bits per heavy atom. The lowest BCUT2D eigenvalue weighted by atomic mass is 9.87. The first kappa shape index (κ1) is 16.2. The molecule has 0 atom stereocenters. The summed E-state index contributed by atoms with van der Waals surface area (Å²) >= 11 is 1.68. The van der Waals surface area contributed by atoms with Gasteiger partial charge in [-0.3, -0.25) is 0 Å². The Kier molecular flexibility index (Phi) is 3.92. The quantitative estimate of drug-likeness (QED) is 0.696. The fraction of sp³-hybridized carbons (Fsp3) is 0.400. The molecule has 3 aromatic rings. The Hall–Kier alpha value is -2.02. The van der Waals surface area contributed by atoms with Crippen LogP contribution in [0.2, 0.25) is 0 Å². The number of aliphatic hydroxyl groups is 1. The minimum Gasteiger partial charge on any atom is -0.396 e. The lowest BCUT2D eigenvalue weighted by Gasteiger charge is -2.40. The molecule has 1 aliphatic carbocycles. The van der Waals surface area contributed by atoms with Gasteiger partial charge in [0.1, 0.15) is 16.5 Å². The molecule has 1 saturated carbocycles. The van der Waals surface area contributed by atoms with E-state index in [9.17, 15) is 5.11 Å². The van der Waals surface area contributed by atoms with Crippen LogP contribution in [0.15, 0.2) is 35.7 Å². The molecule has 3 heterocycles. The van der Waals surface area contributed by atoms with E-state index in [1.165, 1.54) is 24.0 Å². The zero-order valence-corrected chi connectivity index (χ0v) is 15.3. The number of fused-ring (bicyclic) bond motifs is 1. The smallest absolute Gasteiger partial charge is 0.139 e. The number of hydrogen-bond donors (Lipinski definition) is 2. The maximum atomic E-state index is 9.72. The molecule has 1 saturated heterocycles. The summed E-state index contributed by atoms with van der Waals surface area (Å²) < 4.78 is 5.32. The van der Waals surface area contributed by atoms with Crippen molar-refractivity contribution in [2.24, 2.45) is 5.41 Å². The van der Waals surface area contributed by atoms with Crippen molar-refractivity contribution >= 4 is 27.4 Å². The predicted octanol–water partition coefficient (Wildman–Crippen LogP) is 3.66. The van der Waals surface area contributed by atoms with Gasteiger partial charge >= 0.3 is 0 Å². The zero-order valence-electron chi connectivity index (χ0n) is 14.4. The minimum absolute atomic E-state index is 0.124. The van der Waals surface area contributed by atoms with Gasteiger partial charge in [0.2, 0.25) is 0 Å². The summed E-state index contributed by atoms with van der Waals surface area (Å²) in [6.07, 6.45) is 2.35. The molecule has 5 rings (SSSR count). The number of ether oxygens (including phenoxy) is 1. The third kappa shape index (κ3) is 2.78. The molecule has 2 aromatic heterocycles. The summed E-state index contributed by atoms with van der Waals surface area (Å²) in [6, 6.07) is 10.4. The van der Waals surface area contributed by atoms with Gasteiger partial charge in [-0.25, -0.2) is 9.97 Å². The van der Waals surface area contributed by atoms with E-state index < -0.39 is 0 Å². The third-order valence-corrected chi connectivity index (χ3v) is 6.13. The number of anilines is 1. The second-order valence-corrected chi connectivity index (χ2v) is 8.26. The summed E-state index contributed by atoms with van der Waals surface area (Å²) in [7, 11) is 0. The summed E-state index contributed by atoms with van der Waals surface area (Å²) in [5, 5.41) is 16.5. The van der Waals surface area contributed by atoms with Crippen molar-refractivity contribution < 1.29 is 9.84 Å². The number of rotatable bonds is 6. The lowest BCUT2D eigenvalue weighted by Crippen LogP contribution is -2.50. The molecular formula is C20H21N3O2S. The van der Waals surface area contributed by atoms with Gasteiger partial charge in [-0.15, -0.1) is 11.3 Å². The van der Waals surface area contributed by atoms with Crippen LogP contribution in [0.25, 0.3) is 21.3 Å². The Morgan fingerprint density at radius 1 is 1.19 bits per heavy atom. The maximum Gasteiger partial charge on any atom is 0.139 e. The van der Waals surface area contributed by atoms with E-state index in [2.05, 4.69) is 35.0 Å². The SMILES string of the molecule is OCC1(CNc2nc(C3CC3)nc3scc(-c4ccccc4)c23)COC1. The van der Waals surface area contributed by atoms with Crippen LogP contribution in [0.5, 0.6) is 0 Å². The number of aliphatic hydroxyl groups excluding tert-OH is 1. The molecular weight excluding hydrogens is 346 g/mol. The van der Waals surface area contributed by atoms with Crippen LogP contribution in [-0.2, 0) is 4.74 Å². The van der Waals surface area contributed by atoms with E-state index in [4.69, 9.17) is 14.7 Å². The zero-order chi connectivity index (χ0) is 17.6. The standard InChI is InChI=1S/C20H21N3O2S/c24-10-20(11-25-12-20)9-21-18-16-15(13-4-2-1-3-5-13)8-26-19(16)23-17(22-18)14-6-7-14/h1-5,8,14,24H,6-7,9-12H2,(H,21,22,23). The van der Waals surface area contributed by atoms with Gasteiger partial charge in [-0.1, -0.05) is 30.3 Å². The van der Waals surface area contributed by atoms with Gasteiger partial charge < -0.3 is 15.2 Å².